The normalized spacial score (nSPS) is 12.1. The zero-order chi connectivity index (χ0) is 12.1. The highest BCUT2D eigenvalue weighted by Gasteiger charge is 2.12. The van der Waals surface area contributed by atoms with Gasteiger partial charge in [-0.2, -0.15) is 0 Å². The van der Waals surface area contributed by atoms with Gasteiger partial charge in [0.1, 0.15) is 0 Å². The molecule has 4 nitrogen and oxygen atoms in total. The van der Waals surface area contributed by atoms with Crippen LogP contribution in [0.2, 0.25) is 0 Å². The summed E-state index contributed by atoms with van der Waals surface area (Å²) >= 11 is 0. The Morgan fingerprint density at radius 1 is 1.29 bits per heavy atom. The van der Waals surface area contributed by atoms with Gasteiger partial charge in [0.25, 0.3) is 0 Å². The fraction of sp³-hybridized carbons (Fsp3) is 0.231. The quantitative estimate of drug-likeness (QED) is 0.867. The molecule has 0 saturated heterocycles. The Morgan fingerprint density at radius 3 is 2.82 bits per heavy atom. The maximum Gasteiger partial charge on any atom is 0.217 e. The lowest BCUT2D eigenvalue weighted by molar-refractivity contribution is 0.388. The summed E-state index contributed by atoms with van der Waals surface area (Å²) in [5.74, 6) is 0.587. The molecular weight excluding hydrogens is 214 g/mol. The van der Waals surface area contributed by atoms with Gasteiger partial charge in [-0.3, -0.25) is 4.98 Å². The van der Waals surface area contributed by atoms with Gasteiger partial charge in [0.2, 0.25) is 5.88 Å². The monoisotopic (exact) mass is 229 g/mol. The van der Waals surface area contributed by atoms with E-state index in [4.69, 9.17) is 10.5 Å². The third kappa shape index (κ3) is 2.79. The molecule has 88 valence electrons. The Morgan fingerprint density at radius 2 is 2.12 bits per heavy atom. The van der Waals surface area contributed by atoms with Crippen molar-refractivity contribution in [1.29, 1.82) is 0 Å². The molecule has 0 aliphatic carbocycles. The van der Waals surface area contributed by atoms with Crippen LogP contribution in [-0.4, -0.2) is 17.1 Å². The van der Waals surface area contributed by atoms with Crippen molar-refractivity contribution in [3.8, 4) is 5.88 Å². The summed E-state index contributed by atoms with van der Waals surface area (Å²) in [6.07, 6.45) is 5.98. The first-order valence-electron chi connectivity index (χ1n) is 5.44. The lowest BCUT2D eigenvalue weighted by atomic mass is 10.0. The summed E-state index contributed by atoms with van der Waals surface area (Å²) in [7, 11) is 1.60. The molecule has 0 aromatic carbocycles. The molecule has 0 amide bonds. The standard InChI is InChI=1S/C13H15N3O/c1-17-13-11(5-3-7-16-13)12(14)8-10-4-2-6-15-9-10/h2-7,9,12H,8,14H2,1H3. The van der Waals surface area contributed by atoms with E-state index in [1.807, 2.05) is 30.5 Å². The second-order valence-corrected chi connectivity index (χ2v) is 3.77. The zero-order valence-electron chi connectivity index (χ0n) is 9.71. The van der Waals surface area contributed by atoms with Gasteiger partial charge < -0.3 is 10.5 Å². The molecule has 2 aromatic rings. The van der Waals surface area contributed by atoms with Gasteiger partial charge in [-0.1, -0.05) is 12.1 Å². The van der Waals surface area contributed by atoms with Crippen molar-refractivity contribution in [1.82, 2.24) is 9.97 Å². The molecular formula is C13H15N3O. The molecule has 4 heteroatoms. The first kappa shape index (κ1) is 11.5. The van der Waals surface area contributed by atoms with Crippen LogP contribution in [0.4, 0.5) is 0 Å². The summed E-state index contributed by atoms with van der Waals surface area (Å²) in [6.45, 7) is 0. The second kappa shape index (κ2) is 5.41. The molecule has 17 heavy (non-hydrogen) atoms. The van der Waals surface area contributed by atoms with E-state index in [2.05, 4.69) is 9.97 Å². The third-order valence-corrected chi connectivity index (χ3v) is 2.57. The highest BCUT2D eigenvalue weighted by Crippen LogP contribution is 2.23. The number of ether oxygens (including phenoxy) is 1. The van der Waals surface area contributed by atoms with Crippen molar-refractivity contribution in [3.05, 3.63) is 54.0 Å². The largest absolute Gasteiger partial charge is 0.481 e. The number of aromatic nitrogens is 2. The van der Waals surface area contributed by atoms with E-state index in [0.29, 0.717) is 5.88 Å². The number of nitrogens with zero attached hydrogens (tertiary/aromatic N) is 2. The van der Waals surface area contributed by atoms with E-state index in [1.165, 1.54) is 0 Å². The highest BCUT2D eigenvalue weighted by molar-refractivity contribution is 5.30. The average molecular weight is 229 g/mol. The summed E-state index contributed by atoms with van der Waals surface area (Å²) in [5.41, 5.74) is 8.17. The Kier molecular flexibility index (Phi) is 3.67. The minimum Gasteiger partial charge on any atom is -0.481 e. The fourth-order valence-electron chi connectivity index (χ4n) is 1.74. The van der Waals surface area contributed by atoms with Gasteiger partial charge in [-0.15, -0.1) is 0 Å². The number of nitrogens with two attached hydrogens (primary N) is 1. The minimum atomic E-state index is -0.136. The summed E-state index contributed by atoms with van der Waals surface area (Å²) < 4.78 is 5.20. The maximum atomic E-state index is 6.16. The molecule has 0 aliphatic heterocycles. The van der Waals surface area contributed by atoms with Gasteiger partial charge in [-0.25, -0.2) is 4.98 Å². The lowest BCUT2D eigenvalue weighted by Crippen LogP contribution is -2.15. The molecule has 0 aliphatic rings. The van der Waals surface area contributed by atoms with Crippen LogP contribution in [0, 0.1) is 0 Å². The summed E-state index contributed by atoms with van der Waals surface area (Å²) in [4.78, 5) is 8.21. The van der Waals surface area contributed by atoms with Crippen LogP contribution in [-0.2, 0) is 6.42 Å². The molecule has 2 aromatic heterocycles. The number of rotatable bonds is 4. The molecule has 0 fully saturated rings. The zero-order valence-corrected chi connectivity index (χ0v) is 9.71. The third-order valence-electron chi connectivity index (χ3n) is 2.57. The SMILES string of the molecule is COc1ncccc1C(N)Cc1cccnc1. The Hall–Kier alpha value is -1.94. The Balaban J connectivity index is 2.17. The van der Waals surface area contributed by atoms with Crippen LogP contribution in [0.5, 0.6) is 5.88 Å². The van der Waals surface area contributed by atoms with Gasteiger partial charge in [0.15, 0.2) is 0 Å². The molecule has 2 rings (SSSR count). The van der Waals surface area contributed by atoms with Gasteiger partial charge >= 0.3 is 0 Å². The minimum absolute atomic E-state index is 0.136. The molecule has 0 bridgehead atoms. The van der Waals surface area contributed by atoms with Crippen molar-refractivity contribution >= 4 is 0 Å². The lowest BCUT2D eigenvalue weighted by Gasteiger charge is -2.14. The highest BCUT2D eigenvalue weighted by atomic mass is 16.5. The van der Waals surface area contributed by atoms with Gasteiger partial charge in [0.05, 0.1) is 7.11 Å². The maximum absolute atomic E-state index is 6.16. The summed E-state index contributed by atoms with van der Waals surface area (Å²) in [6, 6.07) is 7.58. The molecule has 0 spiro atoms. The van der Waals surface area contributed by atoms with Crippen LogP contribution in [0.1, 0.15) is 17.2 Å². The molecule has 2 heterocycles. The van der Waals surface area contributed by atoms with Gasteiger partial charge in [-0.05, 0) is 24.1 Å². The van der Waals surface area contributed by atoms with Crippen molar-refractivity contribution in [2.24, 2.45) is 5.73 Å². The van der Waals surface area contributed by atoms with E-state index in [9.17, 15) is 0 Å². The van der Waals surface area contributed by atoms with E-state index in [0.717, 1.165) is 17.5 Å². The van der Waals surface area contributed by atoms with E-state index < -0.39 is 0 Å². The molecule has 0 radical (unpaired) electrons. The van der Waals surface area contributed by atoms with Crippen molar-refractivity contribution < 1.29 is 4.74 Å². The Bertz CT molecular complexity index is 473. The predicted octanol–water partition coefficient (Wildman–Crippen LogP) is 1.73. The van der Waals surface area contributed by atoms with Gasteiger partial charge in [0, 0.05) is 30.2 Å². The first-order valence-corrected chi connectivity index (χ1v) is 5.44. The molecule has 1 unspecified atom stereocenters. The van der Waals surface area contributed by atoms with E-state index in [-0.39, 0.29) is 6.04 Å². The van der Waals surface area contributed by atoms with Crippen LogP contribution >= 0.6 is 0 Å². The fourth-order valence-corrected chi connectivity index (χ4v) is 1.74. The average Bonchev–Trinajstić information content (AvgIpc) is 2.40. The molecule has 1 atom stereocenters. The number of pyridine rings is 2. The first-order chi connectivity index (χ1) is 8.31. The number of hydrogen-bond acceptors (Lipinski definition) is 4. The van der Waals surface area contributed by atoms with Crippen LogP contribution in [0.3, 0.4) is 0 Å². The summed E-state index contributed by atoms with van der Waals surface area (Å²) in [5, 5.41) is 0. The van der Waals surface area contributed by atoms with Crippen molar-refractivity contribution in [2.75, 3.05) is 7.11 Å². The van der Waals surface area contributed by atoms with Crippen molar-refractivity contribution in [3.63, 3.8) is 0 Å². The second-order valence-electron chi connectivity index (χ2n) is 3.77. The van der Waals surface area contributed by atoms with Crippen LogP contribution < -0.4 is 10.5 Å². The van der Waals surface area contributed by atoms with E-state index >= 15 is 0 Å². The molecule has 0 saturated carbocycles. The van der Waals surface area contributed by atoms with Crippen LogP contribution in [0.25, 0.3) is 0 Å². The van der Waals surface area contributed by atoms with E-state index in [1.54, 1.807) is 19.5 Å². The van der Waals surface area contributed by atoms with Crippen molar-refractivity contribution in [2.45, 2.75) is 12.5 Å². The topological polar surface area (TPSA) is 61.0 Å². The van der Waals surface area contributed by atoms with Crippen LogP contribution in [0.15, 0.2) is 42.9 Å². The number of methoxy groups -OCH3 is 1. The predicted molar refractivity (Wildman–Crippen MR) is 65.7 cm³/mol. The smallest absolute Gasteiger partial charge is 0.217 e. The number of hydrogen-bond donors (Lipinski definition) is 1. The molecule has 2 N–H and O–H groups in total. The Labute approximate surface area is 100 Å².